The summed E-state index contributed by atoms with van der Waals surface area (Å²) in [7, 11) is 0. The lowest BCUT2D eigenvalue weighted by Gasteiger charge is -2.20. The lowest BCUT2D eigenvalue weighted by Crippen LogP contribution is -2.30. The Labute approximate surface area is 107 Å². The average molecular weight is 253 g/mol. The summed E-state index contributed by atoms with van der Waals surface area (Å²) in [6.07, 6.45) is 1.03. The number of carbonyl (C=O) groups excluding carboxylic acids is 1. The van der Waals surface area contributed by atoms with Crippen LogP contribution >= 0.6 is 11.6 Å². The molecule has 3 nitrogen and oxygen atoms in total. The Morgan fingerprint density at radius 1 is 1.47 bits per heavy atom. The van der Waals surface area contributed by atoms with Crippen LogP contribution in [0.2, 0.25) is 5.02 Å². The molecule has 1 aliphatic rings. The molecule has 0 atom stereocenters. The molecule has 4 heteroatoms. The van der Waals surface area contributed by atoms with Crippen molar-refractivity contribution in [3.63, 3.8) is 0 Å². The maximum absolute atomic E-state index is 12.3. The molecule has 1 aromatic rings. The molecule has 1 fully saturated rings. The van der Waals surface area contributed by atoms with E-state index in [0.29, 0.717) is 16.3 Å². The van der Waals surface area contributed by atoms with Gasteiger partial charge in [-0.15, -0.1) is 0 Å². The fourth-order valence-electron chi connectivity index (χ4n) is 2.17. The van der Waals surface area contributed by atoms with Crippen molar-refractivity contribution < 1.29 is 4.79 Å². The Kier molecular flexibility index (Phi) is 3.04. The number of hydrogen-bond acceptors (Lipinski definition) is 2. The van der Waals surface area contributed by atoms with Crippen molar-refractivity contribution in [2.45, 2.75) is 20.3 Å². The van der Waals surface area contributed by atoms with Gasteiger partial charge in [0.2, 0.25) is 0 Å². The summed E-state index contributed by atoms with van der Waals surface area (Å²) in [5.41, 5.74) is 6.86. The molecule has 92 valence electrons. The van der Waals surface area contributed by atoms with Crippen molar-refractivity contribution in [2.24, 2.45) is 5.41 Å². The Morgan fingerprint density at radius 2 is 2.18 bits per heavy atom. The molecule has 1 heterocycles. The van der Waals surface area contributed by atoms with Crippen molar-refractivity contribution in [3.05, 3.63) is 28.8 Å². The van der Waals surface area contributed by atoms with Crippen molar-refractivity contribution in [3.8, 4) is 0 Å². The number of rotatable bonds is 1. The molecule has 1 saturated heterocycles. The molecular weight excluding hydrogens is 236 g/mol. The van der Waals surface area contributed by atoms with E-state index in [1.807, 2.05) is 4.90 Å². The van der Waals surface area contributed by atoms with Gasteiger partial charge in [-0.25, -0.2) is 0 Å². The summed E-state index contributed by atoms with van der Waals surface area (Å²) in [4.78, 5) is 14.1. The predicted molar refractivity (Wildman–Crippen MR) is 70.2 cm³/mol. The van der Waals surface area contributed by atoms with Gasteiger partial charge in [0.25, 0.3) is 5.91 Å². The molecule has 0 unspecified atom stereocenters. The number of amides is 1. The Morgan fingerprint density at radius 3 is 2.76 bits per heavy atom. The van der Waals surface area contributed by atoms with Crippen LogP contribution in [-0.4, -0.2) is 23.9 Å². The number of nitrogens with zero attached hydrogens (tertiary/aromatic N) is 1. The van der Waals surface area contributed by atoms with Gasteiger partial charge in [0, 0.05) is 13.1 Å². The third kappa shape index (κ3) is 2.39. The summed E-state index contributed by atoms with van der Waals surface area (Å²) in [6, 6.07) is 5.19. The molecule has 1 amide bonds. The molecule has 2 rings (SSSR count). The van der Waals surface area contributed by atoms with Gasteiger partial charge in [-0.1, -0.05) is 31.5 Å². The summed E-state index contributed by atoms with van der Waals surface area (Å²) in [5.74, 6) is -0.0205. The minimum absolute atomic E-state index is 0.0205. The van der Waals surface area contributed by atoms with E-state index in [9.17, 15) is 4.79 Å². The molecule has 0 bridgehead atoms. The number of nitrogens with two attached hydrogens (primary N) is 1. The van der Waals surface area contributed by atoms with Crippen LogP contribution in [0, 0.1) is 5.41 Å². The Bertz CT molecular complexity index is 457. The molecule has 0 saturated carbocycles. The van der Waals surface area contributed by atoms with Gasteiger partial charge in [-0.3, -0.25) is 4.79 Å². The SMILES string of the molecule is CC1(C)CCN(C(=O)c2cccc(N)c2Cl)C1. The third-order valence-electron chi connectivity index (χ3n) is 3.22. The summed E-state index contributed by atoms with van der Waals surface area (Å²) >= 11 is 6.07. The molecule has 2 N–H and O–H groups in total. The van der Waals surface area contributed by atoms with Gasteiger partial charge >= 0.3 is 0 Å². The molecular formula is C13H17ClN2O. The van der Waals surface area contributed by atoms with Crippen molar-refractivity contribution in [1.29, 1.82) is 0 Å². The Hall–Kier alpha value is -1.22. The van der Waals surface area contributed by atoms with E-state index in [-0.39, 0.29) is 11.3 Å². The van der Waals surface area contributed by atoms with Crippen LogP contribution in [0.15, 0.2) is 18.2 Å². The highest BCUT2D eigenvalue weighted by molar-refractivity contribution is 6.36. The molecule has 1 aliphatic heterocycles. The fraction of sp³-hybridized carbons (Fsp3) is 0.462. The lowest BCUT2D eigenvalue weighted by molar-refractivity contribution is 0.0778. The second kappa shape index (κ2) is 4.22. The largest absolute Gasteiger partial charge is 0.398 e. The first-order valence-electron chi connectivity index (χ1n) is 5.74. The smallest absolute Gasteiger partial charge is 0.255 e. The number of carbonyl (C=O) groups is 1. The van der Waals surface area contributed by atoms with Crippen LogP contribution in [0.5, 0.6) is 0 Å². The first-order chi connectivity index (χ1) is 7.91. The summed E-state index contributed by atoms with van der Waals surface area (Å²) < 4.78 is 0. The van der Waals surface area contributed by atoms with Crippen LogP contribution in [0.25, 0.3) is 0 Å². The lowest BCUT2D eigenvalue weighted by atomic mass is 9.93. The van der Waals surface area contributed by atoms with E-state index in [0.717, 1.165) is 19.5 Å². The number of anilines is 1. The maximum Gasteiger partial charge on any atom is 0.255 e. The third-order valence-corrected chi connectivity index (χ3v) is 3.65. The van der Waals surface area contributed by atoms with Gasteiger partial charge in [-0.05, 0) is 24.0 Å². The van der Waals surface area contributed by atoms with E-state index < -0.39 is 0 Å². The maximum atomic E-state index is 12.3. The van der Waals surface area contributed by atoms with Crippen LogP contribution < -0.4 is 5.73 Å². The van der Waals surface area contributed by atoms with Crippen LogP contribution in [0.4, 0.5) is 5.69 Å². The number of benzene rings is 1. The number of likely N-dealkylation sites (tertiary alicyclic amines) is 1. The van der Waals surface area contributed by atoms with Crippen molar-refractivity contribution in [1.82, 2.24) is 4.90 Å². The van der Waals surface area contributed by atoms with E-state index in [4.69, 9.17) is 17.3 Å². The van der Waals surface area contributed by atoms with Crippen molar-refractivity contribution >= 4 is 23.2 Å². The highest BCUT2D eigenvalue weighted by Gasteiger charge is 2.33. The first kappa shape index (κ1) is 12.2. The monoisotopic (exact) mass is 252 g/mol. The highest BCUT2D eigenvalue weighted by Crippen LogP contribution is 2.31. The molecule has 0 aromatic heterocycles. The van der Waals surface area contributed by atoms with Gasteiger partial charge < -0.3 is 10.6 Å². The van der Waals surface area contributed by atoms with Crippen molar-refractivity contribution in [2.75, 3.05) is 18.8 Å². The van der Waals surface area contributed by atoms with Crippen LogP contribution in [-0.2, 0) is 0 Å². The van der Waals surface area contributed by atoms with Crippen LogP contribution in [0.3, 0.4) is 0 Å². The molecule has 17 heavy (non-hydrogen) atoms. The zero-order chi connectivity index (χ0) is 12.6. The number of halogens is 1. The standard InChI is InChI=1S/C13H17ClN2O/c1-13(2)6-7-16(8-13)12(17)9-4-3-5-10(15)11(9)14/h3-5H,6-8,15H2,1-2H3. The van der Waals surface area contributed by atoms with Gasteiger partial charge in [0.1, 0.15) is 0 Å². The van der Waals surface area contributed by atoms with Crippen LogP contribution in [0.1, 0.15) is 30.6 Å². The Balaban J connectivity index is 2.24. The van der Waals surface area contributed by atoms with Gasteiger partial charge in [-0.2, -0.15) is 0 Å². The number of nitrogen functional groups attached to an aromatic ring is 1. The predicted octanol–water partition coefficient (Wildman–Crippen LogP) is 2.79. The summed E-state index contributed by atoms with van der Waals surface area (Å²) in [5, 5.41) is 0.363. The topological polar surface area (TPSA) is 46.3 Å². The zero-order valence-corrected chi connectivity index (χ0v) is 10.9. The molecule has 0 radical (unpaired) electrons. The second-order valence-electron chi connectivity index (χ2n) is 5.35. The number of hydrogen-bond donors (Lipinski definition) is 1. The van der Waals surface area contributed by atoms with Gasteiger partial charge in [0.15, 0.2) is 0 Å². The fourth-order valence-corrected chi connectivity index (χ4v) is 2.38. The average Bonchev–Trinajstić information content (AvgIpc) is 2.62. The van der Waals surface area contributed by atoms with Gasteiger partial charge in [0.05, 0.1) is 16.3 Å². The van der Waals surface area contributed by atoms with E-state index in [1.54, 1.807) is 18.2 Å². The van der Waals surface area contributed by atoms with E-state index >= 15 is 0 Å². The quantitative estimate of drug-likeness (QED) is 0.782. The second-order valence-corrected chi connectivity index (χ2v) is 5.73. The molecule has 0 aliphatic carbocycles. The zero-order valence-electron chi connectivity index (χ0n) is 10.2. The van der Waals surface area contributed by atoms with E-state index in [2.05, 4.69) is 13.8 Å². The molecule has 1 aromatic carbocycles. The summed E-state index contributed by atoms with van der Waals surface area (Å²) in [6.45, 7) is 5.90. The normalized spacial score (nSPS) is 18.4. The first-order valence-corrected chi connectivity index (χ1v) is 6.12. The van der Waals surface area contributed by atoms with E-state index in [1.165, 1.54) is 0 Å². The minimum atomic E-state index is -0.0205. The molecule has 0 spiro atoms. The minimum Gasteiger partial charge on any atom is -0.398 e. The highest BCUT2D eigenvalue weighted by atomic mass is 35.5.